The number of aromatic nitrogens is 1. The van der Waals surface area contributed by atoms with Gasteiger partial charge in [-0.3, -0.25) is 14.6 Å². The van der Waals surface area contributed by atoms with Crippen molar-refractivity contribution < 1.29 is 9.59 Å². The number of rotatable bonds is 3. The summed E-state index contributed by atoms with van der Waals surface area (Å²) in [5, 5.41) is 0. The van der Waals surface area contributed by atoms with Gasteiger partial charge in [0.2, 0.25) is 0 Å². The molecule has 2 heterocycles. The summed E-state index contributed by atoms with van der Waals surface area (Å²) in [6.07, 6.45) is 3.08. The van der Waals surface area contributed by atoms with E-state index in [4.69, 9.17) is 0 Å². The highest BCUT2D eigenvalue weighted by molar-refractivity contribution is 7.11. The zero-order valence-corrected chi connectivity index (χ0v) is 17.0. The Bertz CT molecular complexity index is 818. The van der Waals surface area contributed by atoms with Gasteiger partial charge in [0.1, 0.15) is 4.88 Å². The highest BCUT2D eigenvalue weighted by atomic mass is 32.1. The molecular formula is C21H26N2O2S. The van der Waals surface area contributed by atoms with Crippen molar-refractivity contribution in [3.63, 3.8) is 0 Å². The fourth-order valence-corrected chi connectivity index (χ4v) is 4.48. The molecule has 0 radical (unpaired) electrons. The first-order chi connectivity index (χ1) is 12.3. The number of amides is 1. The molecule has 0 bridgehead atoms. The molecule has 0 N–H and O–H groups in total. The average Bonchev–Trinajstić information content (AvgIpc) is 3.19. The Balaban J connectivity index is 1.76. The molecule has 3 rings (SSSR count). The Morgan fingerprint density at radius 2 is 1.50 bits per heavy atom. The van der Waals surface area contributed by atoms with Crippen LogP contribution in [0.5, 0.6) is 0 Å². The number of likely N-dealkylation sites (tertiary alicyclic amines) is 1. The van der Waals surface area contributed by atoms with Crippen LogP contribution in [-0.4, -0.2) is 34.7 Å². The van der Waals surface area contributed by atoms with Gasteiger partial charge in [0.05, 0.1) is 11.7 Å². The molecule has 1 amide bonds. The number of carbonyl (C=O) groups is 2. The Hall–Kier alpha value is -2.01. The van der Waals surface area contributed by atoms with Gasteiger partial charge in [-0.2, -0.15) is 0 Å². The third-order valence-corrected chi connectivity index (χ3v) is 6.80. The lowest BCUT2D eigenvalue weighted by Crippen LogP contribution is -2.40. The number of piperidine rings is 1. The first-order valence-electron chi connectivity index (χ1n) is 9.11. The van der Waals surface area contributed by atoms with E-state index in [-0.39, 0.29) is 17.6 Å². The SMILES string of the molecule is Cc1c(C)c(C)c(C(=O)C2CCN(C(=O)c3cncs3)CC2)c(C)c1C. The second-order valence-corrected chi connectivity index (χ2v) is 8.18. The number of hydrogen-bond donors (Lipinski definition) is 0. The van der Waals surface area contributed by atoms with Crippen LogP contribution >= 0.6 is 11.3 Å². The molecule has 1 aliphatic heterocycles. The van der Waals surface area contributed by atoms with Crippen molar-refractivity contribution in [2.75, 3.05) is 13.1 Å². The summed E-state index contributed by atoms with van der Waals surface area (Å²) in [7, 11) is 0. The summed E-state index contributed by atoms with van der Waals surface area (Å²) in [4.78, 5) is 32.2. The van der Waals surface area contributed by atoms with Gasteiger partial charge < -0.3 is 4.90 Å². The number of benzene rings is 1. The summed E-state index contributed by atoms with van der Waals surface area (Å²) in [5.41, 5.74) is 8.51. The van der Waals surface area contributed by atoms with Crippen molar-refractivity contribution in [1.29, 1.82) is 0 Å². The Morgan fingerprint density at radius 1 is 0.962 bits per heavy atom. The van der Waals surface area contributed by atoms with Crippen molar-refractivity contribution in [2.45, 2.75) is 47.5 Å². The molecular weight excluding hydrogens is 344 g/mol. The van der Waals surface area contributed by atoms with Crippen molar-refractivity contribution in [1.82, 2.24) is 9.88 Å². The first-order valence-corrected chi connectivity index (χ1v) is 9.99. The van der Waals surface area contributed by atoms with Crippen molar-refractivity contribution in [2.24, 2.45) is 5.92 Å². The van der Waals surface area contributed by atoms with E-state index in [0.29, 0.717) is 18.0 Å². The van der Waals surface area contributed by atoms with Crippen LogP contribution in [0.3, 0.4) is 0 Å². The fourth-order valence-electron chi connectivity index (χ4n) is 3.90. The lowest BCUT2D eigenvalue weighted by atomic mass is 9.81. The standard InChI is InChI=1S/C21H26N2O2S/c1-12-13(2)15(4)19(16(5)14(12)3)20(24)17-6-8-23(9-7-17)21(25)18-10-22-11-26-18/h10-11,17H,6-9H2,1-5H3. The van der Waals surface area contributed by atoms with Crippen LogP contribution in [0, 0.1) is 40.5 Å². The zero-order valence-electron chi connectivity index (χ0n) is 16.2. The Labute approximate surface area is 159 Å². The molecule has 26 heavy (non-hydrogen) atoms. The van der Waals surface area contributed by atoms with Gasteiger partial charge in [0.25, 0.3) is 5.91 Å². The van der Waals surface area contributed by atoms with Crippen molar-refractivity contribution in [3.05, 3.63) is 50.0 Å². The number of nitrogens with zero attached hydrogens (tertiary/aromatic N) is 2. The molecule has 0 saturated carbocycles. The molecule has 1 aliphatic rings. The maximum atomic E-state index is 13.3. The quantitative estimate of drug-likeness (QED) is 0.752. The summed E-state index contributed by atoms with van der Waals surface area (Å²) in [6, 6.07) is 0. The van der Waals surface area contributed by atoms with Crippen LogP contribution in [0.25, 0.3) is 0 Å². The van der Waals surface area contributed by atoms with Crippen LogP contribution in [-0.2, 0) is 0 Å². The van der Waals surface area contributed by atoms with E-state index in [1.807, 2.05) is 4.90 Å². The van der Waals surface area contributed by atoms with Gasteiger partial charge in [-0.25, -0.2) is 0 Å². The third-order valence-electron chi connectivity index (χ3n) is 6.04. The minimum Gasteiger partial charge on any atom is -0.338 e. The topological polar surface area (TPSA) is 50.3 Å². The summed E-state index contributed by atoms with van der Waals surface area (Å²) in [6.45, 7) is 11.7. The van der Waals surface area contributed by atoms with E-state index in [1.165, 1.54) is 28.0 Å². The molecule has 5 heteroatoms. The minimum absolute atomic E-state index is 0.000540. The smallest absolute Gasteiger partial charge is 0.265 e. The van der Waals surface area contributed by atoms with Crippen LogP contribution < -0.4 is 0 Å². The molecule has 1 aromatic heterocycles. The molecule has 2 aromatic rings. The van der Waals surface area contributed by atoms with Crippen LogP contribution in [0.2, 0.25) is 0 Å². The van der Waals surface area contributed by atoms with E-state index >= 15 is 0 Å². The molecule has 0 aliphatic carbocycles. The van der Waals surface area contributed by atoms with Gasteiger partial charge in [-0.1, -0.05) is 0 Å². The molecule has 4 nitrogen and oxygen atoms in total. The molecule has 1 fully saturated rings. The Kier molecular flexibility index (Phi) is 5.28. The van der Waals surface area contributed by atoms with E-state index in [1.54, 1.807) is 11.7 Å². The lowest BCUT2D eigenvalue weighted by molar-refractivity contribution is 0.0653. The van der Waals surface area contributed by atoms with Crippen LogP contribution in [0.15, 0.2) is 11.7 Å². The number of Topliss-reactive ketones (excluding diaryl/α,β-unsaturated/α-hetero) is 1. The lowest BCUT2D eigenvalue weighted by Gasteiger charge is -2.32. The van der Waals surface area contributed by atoms with Crippen LogP contribution in [0.4, 0.5) is 0 Å². The maximum absolute atomic E-state index is 13.3. The van der Waals surface area contributed by atoms with Gasteiger partial charge in [-0.15, -0.1) is 11.3 Å². The molecule has 1 saturated heterocycles. The third kappa shape index (κ3) is 3.20. The summed E-state index contributed by atoms with van der Waals surface area (Å²) < 4.78 is 0. The second-order valence-electron chi connectivity index (χ2n) is 7.30. The van der Waals surface area contributed by atoms with E-state index in [0.717, 1.165) is 29.5 Å². The van der Waals surface area contributed by atoms with E-state index < -0.39 is 0 Å². The molecule has 0 unspecified atom stereocenters. The molecule has 138 valence electrons. The monoisotopic (exact) mass is 370 g/mol. The van der Waals surface area contributed by atoms with Gasteiger partial charge >= 0.3 is 0 Å². The molecule has 1 aromatic carbocycles. The van der Waals surface area contributed by atoms with E-state index in [2.05, 4.69) is 39.6 Å². The molecule has 0 spiro atoms. The predicted octanol–water partition coefficient (Wildman–Crippen LogP) is 4.42. The highest BCUT2D eigenvalue weighted by Gasteiger charge is 2.31. The van der Waals surface area contributed by atoms with Crippen molar-refractivity contribution >= 4 is 23.0 Å². The normalized spacial score (nSPS) is 15.3. The van der Waals surface area contributed by atoms with Gasteiger partial charge in [0, 0.05) is 24.6 Å². The number of hydrogen-bond acceptors (Lipinski definition) is 4. The number of carbonyl (C=O) groups excluding carboxylic acids is 2. The zero-order chi connectivity index (χ0) is 19.0. The highest BCUT2D eigenvalue weighted by Crippen LogP contribution is 2.31. The minimum atomic E-state index is -0.000540. The predicted molar refractivity (Wildman–Crippen MR) is 105 cm³/mol. The maximum Gasteiger partial charge on any atom is 0.265 e. The largest absolute Gasteiger partial charge is 0.338 e. The fraction of sp³-hybridized carbons (Fsp3) is 0.476. The number of thiazole rings is 1. The average molecular weight is 371 g/mol. The Morgan fingerprint density at radius 3 is 2.00 bits per heavy atom. The first kappa shape index (κ1) is 18.8. The molecule has 0 atom stereocenters. The summed E-state index contributed by atoms with van der Waals surface area (Å²) in [5.74, 6) is 0.281. The number of ketones is 1. The summed E-state index contributed by atoms with van der Waals surface area (Å²) >= 11 is 1.37. The van der Waals surface area contributed by atoms with Crippen LogP contribution in [0.1, 0.15) is 60.7 Å². The van der Waals surface area contributed by atoms with Crippen molar-refractivity contribution in [3.8, 4) is 0 Å². The van der Waals surface area contributed by atoms with Gasteiger partial charge in [-0.05, 0) is 75.3 Å². The van der Waals surface area contributed by atoms with E-state index in [9.17, 15) is 9.59 Å². The van der Waals surface area contributed by atoms with Gasteiger partial charge in [0.15, 0.2) is 5.78 Å². The second kappa shape index (κ2) is 7.31.